The number of aromatic nitrogens is 3. The molecule has 3 heterocycles. The van der Waals surface area contributed by atoms with Crippen LogP contribution in [-0.2, 0) is 14.6 Å². The fourth-order valence-electron chi connectivity index (χ4n) is 4.22. The van der Waals surface area contributed by atoms with Crippen LogP contribution in [0.5, 0.6) is 5.75 Å². The fraction of sp³-hybridized carbons (Fsp3) is 0.435. The normalized spacial score (nSPS) is 18.4. The Labute approximate surface area is 193 Å². The van der Waals surface area contributed by atoms with Crippen molar-refractivity contribution in [3.8, 4) is 17.0 Å². The highest BCUT2D eigenvalue weighted by Gasteiger charge is 2.32. The summed E-state index contributed by atoms with van der Waals surface area (Å²) < 4.78 is 36.3. The third kappa shape index (κ3) is 4.72. The lowest BCUT2D eigenvalue weighted by Gasteiger charge is -2.15. The highest BCUT2D eigenvalue weighted by molar-refractivity contribution is 7.91. The molecule has 0 radical (unpaired) electrons. The lowest BCUT2D eigenvalue weighted by atomic mass is 10.0. The van der Waals surface area contributed by atoms with Gasteiger partial charge in [-0.3, -0.25) is 4.79 Å². The molecule has 0 aliphatic carbocycles. The standard InChI is InChI=1S/C23H28N4O5S/c1-14(12-31-3)24-23(28)19-11-20(16-5-7-18(32-4)8-6-16)25-22-21(19)15(2)26-27(22)17-9-10-33(29,30)13-17/h5-8,11,14,17H,9-10,12-13H2,1-4H3,(H,24,28). The topological polar surface area (TPSA) is 112 Å². The number of nitrogens with one attached hydrogen (secondary N) is 1. The van der Waals surface area contributed by atoms with Crippen molar-refractivity contribution in [3.05, 3.63) is 41.6 Å². The Balaban J connectivity index is 1.87. The van der Waals surface area contributed by atoms with Crippen LogP contribution in [-0.4, -0.2) is 67.5 Å². The summed E-state index contributed by atoms with van der Waals surface area (Å²) in [6.07, 6.45) is 0.472. The van der Waals surface area contributed by atoms with Gasteiger partial charge < -0.3 is 14.8 Å². The number of amides is 1. The van der Waals surface area contributed by atoms with Gasteiger partial charge in [0.05, 0.1) is 53.6 Å². The van der Waals surface area contributed by atoms with Crippen molar-refractivity contribution in [2.75, 3.05) is 32.3 Å². The average Bonchev–Trinajstić information content (AvgIpc) is 3.32. The van der Waals surface area contributed by atoms with Gasteiger partial charge in [0.15, 0.2) is 15.5 Å². The SMILES string of the molecule is COCC(C)NC(=O)c1cc(-c2ccc(OC)cc2)nc2c1c(C)nn2C1CCS(=O)(=O)C1. The number of ether oxygens (including phenoxy) is 2. The summed E-state index contributed by atoms with van der Waals surface area (Å²) in [6, 6.07) is 8.65. The predicted octanol–water partition coefficient (Wildman–Crippen LogP) is 2.54. The maximum Gasteiger partial charge on any atom is 0.252 e. The number of sulfone groups is 1. The molecule has 33 heavy (non-hydrogen) atoms. The summed E-state index contributed by atoms with van der Waals surface area (Å²) >= 11 is 0. The first-order chi connectivity index (χ1) is 15.7. The fourth-order valence-corrected chi connectivity index (χ4v) is 5.91. The van der Waals surface area contributed by atoms with Crippen LogP contribution in [0.25, 0.3) is 22.3 Å². The number of carbonyl (C=O) groups excluding carboxylic acids is 1. The predicted molar refractivity (Wildman–Crippen MR) is 125 cm³/mol. The van der Waals surface area contributed by atoms with Crippen LogP contribution in [0.4, 0.5) is 0 Å². The number of nitrogens with zero attached hydrogens (tertiary/aromatic N) is 3. The Morgan fingerprint density at radius 2 is 2.00 bits per heavy atom. The molecule has 4 rings (SSSR count). The van der Waals surface area contributed by atoms with Gasteiger partial charge in [0.1, 0.15) is 5.75 Å². The van der Waals surface area contributed by atoms with E-state index in [2.05, 4.69) is 10.4 Å². The summed E-state index contributed by atoms with van der Waals surface area (Å²) in [5.41, 5.74) is 2.98. The Morgan fingerprint density at radius 1 is 1.27 bits per heavy atom. The van der Waals surface area contributed by atoms with Gasteiger partial charge in [-0.05, 0) is 50.6 Å². The number of hydrogen-bond donors (Lipinski definition) is 1. The zero-order chi connectivity index (χ0) is 23.8. The minimum absolute atomic E-state index is 0.0179. The number of fused-ring (bicyclic) bond motifs is 1. The first-order valence-corrected chi connectivity index (χ1v) is 12.6. The number of aryl methyl sites for hydroxylation is 1. The molecule has 1 aliphatic heterocycles. The van der Waals surface area contributed by atoms with Crippen molar-refractivity contribution in [3.63, 3.8) is 0 Å². The molecular weight excluding hydrogens is 444 g/mol. The van der Waals surface area contributed by atoms with Crippen molar-refractivity contribution in [2.24, 2.45) is 0 Å². The molecule has 1 N–H and O–H groups in total. The summed E-state index contributed by atoms with van der Waals surface area (Å²) in [5.74, 6) is 0.592. The van der Waals surface area contributed by atoms with E-state index < -0.39 is 9.84 Å². The van der Waals surface area contributed by atoms with E-state index in [1.54, 1.807) is 25.0 Å². The number of carbonyl (C=O) groups is 1. The van der Waals surface area contributed by atoms with Crippen LogP contribution >= 0.6 is 0 Å². The number of hydrogen-bond acceptors (Lipinski definition) is 7. The Bertz CT molecular complexity index is 1280. The number of benzene rings is 1. The molecule has 0 bridgehead atoms. The van der Waals surface area contributed by atoms with Crippen molar-refractivity contribution in [1.82, 2.24) is 20.1 Å². The van der Waals surface area contributed by atoms with Gasteiger partial charge in [0.25, 0.3) is 5.91 Å². The van der Waals surface area contributed by atoms with Gasteiger partial charge in [0, 0.05) is 18.7 Å². The smallest absolute Gasteiger partial charge is 0.252 e. The van der Waals surface area contributed by atoms with E-state index in [-0.39, 0.29) is 29.5 Å². The van der Waals surface area contributed by atoms with Gasteiger partial charge in [0.2, 0.25) is 0 Å². The number of pyridine rings is 1. The average molecular weight is 473 g/mol. The first kappa shape index (κ1) is 23.2. The van der Waals surface area contributed by atoms with E-state index in [4.69, 9.17) is 14.5 Å². The van der Waals surface area contributed by atoms with Crippen LogP contribution in [0.1, 0.15) is 35.4 Å². The second-order valence-corrected chi connectivity index (χ2v) is 10.6. The molecule has 0 saturated carbocycles. The van der Waals surface area contributed by atoms with Gasteiger partial charge in [-0.25, -0.2) is 18.1 Å². The third-order valence-electron chi connectivity index (χ3n) is 5.82. The van der Waals surface area contributed by atoms with Crippen LogP contribution in [0.15, 0.2) is 30.3 Å². The Kier molecular flexibility index (Phi) is 6.40. The van der Waals surface area contributed by atoms with Crippen molar-refractivity contribution < 1.29 is 22.7 Å². The quantitative estimate of drug-likeness (QED) is 0.562. The van der Waals surface area contributed by atoms with E-state index in [0.29, 0.717) is 46.8 Å². The van der Waals surface area contributed by atoms with Crippen molar-refractivity contribution in [2.45, 2.75) is 32.4 Å². The lowest BCUT2D eigenvalue weighted by Crippen LogP contribution is -2.35. The first-order valence-electron chi connectivity index (χ1n) is 10.8. The maximum absolute atomic E-state index is 13.3. The molecule has 176 valence electrons. The molecule has 3 aromatic rings. The molecule has 10 heteroatoms. The van der Waals surface area contributed by atoms with Gasteiger partial charge in [-0.15, -0.1) is 0 Å². The van der Waals surface area contributed by atoms with Crippen molar-refractivity contribution in [1.29, 1.82) is 0 Å². The van der Waals surface area contributed by atoms with E-state index >= 15 is 0 Å². The Morgan fingerprint density at radius 3 is 2.61 bits per heavy atom. The largest absolute Gasteiger partial charge is 0.497 e. The minimum Gasteiger partial charge on any atom is -0.497 e. The van der Waals surface area contributed by atoms with Crippen LogP contribution in [0.2, 0.25) is 0 Å². The molecule has 1 aliphatic rings. The molecule has 2 atom stereocenters. The maximum atomic E-state index is 13.3. The van der Waals surface area contributed by atoms with Crippen LogP contribution < -0.4 is 10.1 Å². The molecule has 1 amide bonds. The molecule has 2 unspecified atom stereocenters. The van der Waals surface area contributed by atoms with E-state index in [1.165, 1.54) is 0 Å². The minimum atomic E-state index is -3.12. The molecule has 9 nitrogen and oxygen atoms in total. The summed E-state index contributed by atoms with van der Waals surface area (Å²) in [7, 11) is 0.0620. The van der Waals surface area contributed by atoms with Gasteiger partial charge in [-0.2, -0.15) is 5.10 Å². The van der Waals surface area contributed by atoms with E-state index in [9.17, 15) is 13.2 Å². The number of methoxy groups -OCH3 is 2. The second kappa shape index (κ2) is 9.11. The van der Waals surface area contributed by atoms with Crippen LogP contribution in [0.3, 0.4) is 0 Å². The molecular formula is C23H28N4O5S. The Hall–Kier alpha value is -2.98. The third-order valence-corrected chi connectivity index (χ3v) is 7.57. The van der Waals surface area contributed by atoms with E-state index in [0.717, 1.165) is 5.56 Å². The van der Waals surface area contributed by atoms with Crippen LogP contribution in [0, 0.1) is 6.92 Å². The summed E-state index contributed by atoms with van der Waals surface area (Å²) in [4.78, 5) is 18.1. The molecule has 2 aromatic heterocycles. The van der Waals surface area contributed by atoms with Gasteiger partial charge >= 0.3 is 0 Å². The zero-order valence-corrected chi connectivity index (χ0v) is 20.0. The lowest BCUT2D eigenvalue weighted by molar-refractivity contribution is 0.0907. The second-order valence-electron chi connectivity index (χ2n) is 8.40. The van der Waals surface area contributed by atoms with E-state index in [1.807, 2.05) is 38.1 Å². The van der Waals surface area contributed by atoms with Crippen molar-refractivity contribution >= 4 is 26.8 Å². The highest BCUT2D eigenvalue weighted by Crippen LogP contribution is 2.32. The molecule has 0 spiro atoms. The zero-order valence-electron chi connectivity index (χ0n) is 19.2. The highest BCUT2D eigenvalue weighted by atomic mass is 32.2. The monoisotopic (exact) mass is 472 g/mol. The molecule has 1 aromatic carbocycles. The molecule has 1 fully saturated rings. The molecule has 1 saturated heterocycles. The summed E-state index contributed by atoms with van der Waals surface area (Å²) in [5, 5.41) is 8.21. The van der Waals surface area contributed by atoms with Gasteiger partial charge in [-0.1, -0.05) is 0 Å². The summed E-state index contributed by atoms with van der Waals surface area (Å²) in [6.45, 7) is 4.06. The number of rotatable bonds is 7.